The number of alkyl halides is 1. The monoisotopic (exact) mass is 370 g/mol. The van der Waals surface area contributed by atoms with Crippen LogP contribution >= 0.6 is 38.9 Å². The Morgan fingerprint density at radius 2 is 2.20 bits per heavy atom. The van der Waals surface area contributed by atoms with Crippen LogP contribution in [0, 0.1) is 0 Å². The van der Waals surface area contributed by atoms with Crippen molar-refractivity contribution in [2.45, 2.75) is 31.6 Å². The lowest BCUT2D eigenvalue weighted by Gasteiger charge is -2.11. The maximum absolute atomic E-state index is 6.65. The molecule has 0 spiro atoms. The van der Waals surface area contributed by atoms with Gasteiger partial charge >= 0.3 is 0 Å². The van der Waals surface area contributed by atoms with E-state index >= 15 is 0 Å². The molecule has 1 aromatic carbocycles. The molecule has 3 rings (SSSR count). The van der Waals surface area contributed by atoms with E-state index in [0.29, 0.717) is 6.61 Å². The van der Waals surface area contributed by atoms with E-state index in [1.54, 1.807) is 0 Å². The molecule has 1 aliphatic rings. The lowest BCUT2D eigenvalue weighted by Crippen LogP contribution is -1.95. The van der Waals surface area contributed by atoms with Crippen LogP contribution in [0.3, 0.4) is 0 Å². The number of ether oxygens (including phenoxy) is 1. The van der Waals surface area contributed by atoms with Crippen LogP contribution in [0.1, 0.15) is 39.6 Å². The zero-order valence-corrected chi connectivity index (χ0v) is 14.4. The molecule has 0 N–H and O–H groups in total. The van der Waals surface area contributed by atoms with Gasteiger partial charge in [0.15, 0.2) is 0 Å². The predicted octanol–water partition coefficient (Wildman–Crippen LogP) is 5.73. The van der Waals surface area contributed by atoms with Gasteiger partial charge in [-0.2, -0.15) is 0 Å². The Morgan fingerprint density at radius 3 is 2.90 bits per heavy atom. The van der Waals surface area contributed by atoms with Gasteiger partial charge in [0.1, 0.15) is 5.75 Å². The number of rotatable bonds is 4. The van der Waals surface area contributed by atoms with Crippen molar-refractivity contribution in [1.82, 2.24) is 0 Å². The van der Waals surface area contributed by atoms with Gasteiger partial charge in [0.25, 0.3) is 0 Å². The lowest BCUT2D eigenvalue weighted by molar-refractivity contribution is 0.338. The van der Waals surface area contributed by atoms with E-state index in [0.717, 1.165) is 15.8 Å². The first-order valence-electron chi connectivity index (χ1n) is 6.87. The normalized spacial score (nSPS) is 15.2. The van der Waals surface area contributed by atoms with Crippen molar-refractivity contribution < 1.29 is 4.74 Å². The van der Waals surface area contributed by atoms with Crippen molar-refractivity contribution in [3.63, 3.8) is 0 Å². The van der Waals surface area contributed by atoms with E-state index in [2.05, 4.69) is 34.1 Å². The van der Waals surface area contributed by atoms with Gasteiger partial charge in [0, 0.05) is 9.75 Å². The fraction of sp³-hybridized carbons (Fsp3) is 0.375. The summed E-state index contributed by atoms with van der Waals surface area (Å²) in [7, 11) is 0. The first-order valence-corrected chi connectivity index (χ1v) is 8.91. The molecule has 0 radical (unpaired) electrons. The molecule has 106 valence electrons. The summed E-state index contributed by atoms with van der Waals surface area (Å²) in [6.07, 6.45) is 3.72. The molecule has 0 amide bonds. The SMILES string of the molecule is CCOc1ccc(C(Cl)c2cc3c(s2)CCC3)cc1Br. The second kappa shape index (κ2) is 6.08. The maximum atomic E-state index is 6.65. The highest BCUT2D eigenvalue weighted by atomic mass is 79.9. The minimum atomic E-state index is -0.0717. The summed E-state index contributed by atoms with van der Waals surface area (Å²) in [5.41, 5.74) is 2.61. The Bertz CT molecular complexity index is 601. The average molecular weight is 372 g/mol. The summed E-state index contributed by atoms with van der Waals surface area (Å²) >= 11 is 12.1. The molecule has 1 aromatic heterocycles. The topological polar surface area (TPSA) is 9.23 Å². The molecule has 2 aromatic rings. The van der Waals surface area contributed by atoms with Gasteiger partial charge in [0.05, 0.1) is 16.5 Å². The van der Waals surface area contributed by atoms with Crippen LogP contribution in [0.25, 0.3) is 0 Å². The van der Waals surface area contributed by atoms with Gasteiger partial charge in [-0.25, -0.2) is 0 Å². The second-order valence-corrected chi connectivity index (χ2v) is 7.40. The second-order valence-electron chi connectivity index (χ2n) is 4.94. The zero-order chi connectivity index (χ0) is 14.1. The third-order valence-corrected chi connectivity index (χ3v) is 6.10. The van der Waals surface area contributed by atoms with E-state index in [4.69, 9.17) is 16.3 Å². The van der Waals surface area contributed by atoms with Gasteiger partial charge in [-0.1, -0.05) is 6.07 Å². The van der Waals surface area contributed by atoms with Crippen LogP contribution < -0.4 is 4.74 Å². The first-order chi connectivity index (χ1) is 9.69. The number of halogens is 2. The van der Waals surface area contributed by atoms with E-state index in [1.165, 1.54) is 34.6 Å². The Kier molecular flexibility index (Phi) is 4.39. The third kappa shape index (κ3) is 2.76. The summed E-state index contributed by atoms with van der Waals surface area (Å²) in [5, 5.41) is -0.0717. The standard InChI is InChI=1S/C16H16BrClOS/c1-2-19-13-7-6-11(8-12(13)17)16(18)15-9-10-4-3-5-14(10)20-15/h6-9,16H,2-5H2,1H3. The fourth-order valence-corrected chi connectivity index (χ4v) is 4.70. The summed E-state index contributed by atoms with van der Waals surface area (Å²) < 4.78 is 6.50. The largest absolute Gasteiger partial charge is 0.493 e. The number of aryl methyl sites for hydroxylation is 2. The third-order valence-electron chi connectivity index (χ3n) is 3.56. The summed E-state index contributed by atoms with van der Waals surface area (Å²) in [5.74, 6) is 0.869. The lowest BCUT2D eigenvalue weighted by atomic mass is 10.1. The molecule has 4 heteroatoms. The van der Waals surface area contributed by atoms with Gasteiger partial charge < -0.3 is 4.74 Å². The zero-order valence-electron chi connectivity index (χ0n) is 11.3. The quantitative estimate of drug-likeness (QED) is 0.624. The van der Waals surface area contributed by atoms with E-state index in [-0.39, 0.29) is 5.38 Å². The highest BCUT2D eigenvalue weighted by Gasteiger charge is 2.20. The maximum Gasteiger partial charge on any atom is 0.133 e. The van der Waals surface area contributed by atoms with E-state index < -0.39 is 0 Å². The van der Waals surface area contributed by atoms with Gasteiger partial charge in [-0.3, -0.25) is 0 Å². The highest BCUT2D eigenvalue weighted by Crippen LogP contribution is 2.40. The number of thiophene rings is 1. The number of benzene rings is 1. The molecular weight excluding hydrogens is 356 g/mol. The molecule has 0 aliphatic heterocycles. The molecule has 1 atom stereocenters. The van der Waals surface area contributed by atoms with Crippen LogP contribution in [0.2, 0.25) is 0 Å². The van der Waals surface area contributed by atoms with Crippen LogP contribution in [0.5, 0.6) is 5.75 Å². The molecule has 1 aliphatic carbocycles. The van der Waals surface area contributed by atoms with E-state index in [1.807, 2.05) is 24.3 Å². The Morgan fingerprint density at radius 1 is 1.35 bits per heavy atom. The molecule has 0 fully saturated rings. The van der Waals surface area contributed by atoms with Gasteiger partial charge in [-0.15, -0.1) is 22.9 Å². The van der Waals surface area contributed by atoms with Crippen molar-refractivity contribution in [3.05, 3.63) is 49.6 Å². The Labute approximate surface area is 137 Å². The van der Waals surface area contributed by atoms with Crippen LogP contribution in [-0.2, 0) is 12.8 Å². The molecule has 0 saturated carbocycles. The minimum absolute atomic E-state index is 0.0717. The van der Waals surface area contributed by atoms with Gasteiger partial charge in [-0.05, 0) is 71.4 Å². The molecule has 0 saturated heterocycles. The Hall–Kier alpha value is -0.510. The molecule has 1 heterocycles. The van der Waals surface area contributed by atoms with Crippen LogP contribution in [0.15, 0.2) is 28.7 Å². The minimum Gasteiger partial charge on any atom is -0.493 e. The van der Waals surface area contributed by atoms with Crippen molar-refractivity contribution in [1.29, 1.82) is 0 Å². The average Bonchev–Trinajstić information content (AvgIpc) is 3.01. The van der Waals surface area contributed by atoms with Crippen molar-refractivity contribution in [2.75, 3.05) is 6.61 Å². The van der Waals surface area contributed by atoms with Crippen molar-refractivity contribution >= 4 is 38.9 Å². The smallest absolute Gasteiger partial charge is 0.133 e. The Balaban J connectivity index is 1.86. The molecule has 20 heavy (non-hydrogen) atoms. The summed E-state index contributed by atoms with van der Waals surface area (Å²) in [4.78, 5) is 2.78. The number of hydrogen-bond donors (Lipinski definition) is 0. The summed E-state index contributed by atoms with van der Waals surface area (Å²) in [6.45, 7) is 2.65. The van der Waals surface area contributed by atoms with Crippen molar-refractivity contribution in [2.24, 2.45) is 0 Å². The molecular formula is C16H16BrClOS. The van der Waals surface area contributed by atoms with Gasteiger partial charge in [0.2, 0.25) is 0 Å². The van der Waals surface area contributed by atoms with E-state index in [9.17, 15) is 0 Å². The first kappa shape index (κ1) is 14.4. The molecule has 0 bridgehead atoms. The molecule has 1 unspecified atom stereocenters. The van der Waals surface area contributed by atoms with Crippen molar-refractivity contribution in [3.8, 4) is 5.75 Å². The van der Waals surface area contributed by atoms with Crippen LogP contribution in [-0.4, -0.2) is 6.61 Å². The highest BCUT2D eigenvalue weighted by molar-refractivity contribution is 9.10. The molecule has 1 nitrogen and oxygen atoms in total. The summed E-state index contributed by atoms with van der Waals surface area (Å²) in [6, 6.07) is 8.39. The number of hydrogen-bond acceptors (Lipinski definition) is 2. The van der Waals surface area contributed by atoms with Crippen LogP contribution in [0.4, 0.5) is 0 Å². The predicted molar refractivity (Wildman–Crippen MR) is 89.4 cm³/mol. The fourth-order valence-electron chi connectivity index (χ4n) is 2.59. The number of fused-ring (bicyclic) bond motifs is 1.